The van der Waals surface area contributed by atoms with Gasteiger partial charge in [-0.05, 0) is 42.1 Å². The van der Waals surface area contributed by atoms with Gasteiger partial charge in [-0.2, -0.15) is 0 Å². The van der Waals surface area contributed by atoms with Crippen molar-refractivity contribution in [3.05, 3.63) is 29.6 Å². The maximum absolute atomic E-state index is 6.58. The van der Waals surface area contributed by atoms with Crippen molar-refractivity contribution in [1.82, 2.24) is 0 Å². The van der Waals surface area contributed by atoms with Crippen LogP contribution in [0.15, 0.2) is 18.2 Å². The molecule has 0 aromatic heterocycles. The van der Waals surface area contributed by atoms with Crippen LogP contribution in [-0.2, 0) is 4.43 Å². The Morgan fingerprint density at radius 3 is 2.08 bits per heavy atom. The van der Waals surface area contributed by atoms with Gasteiger partial charge in [-0.1, -0.05) is 53.1 Å². The largest absolute Gasteiger partial charge is 0.497 e. The zero-order valence-corrected chi connectivity index (χ0v) is 19.0. The number of halogens is 1. The van der Waals surface area contributed by atoms with Gasteiger partial charge >= 0.3 is 0 Å². The van der Waals surface area contributed by atoms with Gasteiger partial charge in [-0.15, -0.1) is 0 Å². The molecule has 1 unspecified atom stereocenters. The molecular weight excluding hydrogens is 352 g/mol. The molecule has 0 amide bonds. The molecule has 0 bridgehead atoms. The van der Waals surface area contributed by atoms with E-state index in [-0.39, 0.29) is 16.6 Å². The summed E-state index contributed by atoms with van der Waals surface area (Å²) in [6, 6.07) is 5.40. The summed E-state index contributed by atoms with van der Waals surface area (Å²) in [6.07, 6.45) is 2.15. The van der Waals surface area contributed by atoms with Gasteiger partial charge in [0.15, 0.2) is 8.32 Å². The van der Waals surface area contributed by atoms with Crippen molar-refractivity contribution in [2.24, 2.45) is 5.41 Å². The first-order valence-electron chi connectivity index (χ1n) is 8.75. The number of hydrogen-bond donors (Lipinski definition) is 0. The van der Waals surface area contributed by atoms with Crippen LogP contribution in [-0.4, -0.2) is 28.1 Å². The summed E-state index contributed by atoms with van der Waals surface area (Å²) in [7, 11) is -0.279. The fraction of sp³-hybridized carbons (Fsp3) is 0.650. The second kappa shape index (κ2) is 8.32. The average Bonchev–Trinajstić information content (AvgIpc) is 2.41. The minimum Gasteiger partial charge on any atom is -0.497 e. The fourth-order valence-corrected chi connectivity index (χ4v) is 3.61. The third kappa shape index (κ3) is 7.59. The van der Waals surface area contributed by atoms with E-state index in [1.54, 1.807) is 19.2 Å². The normalized spacial score (nSPS) is 14.3. The lowest BCUT2D eigenvalue weighted by Gasteiger charge is -2.40. The molecule has 0 saturated carbocycles. The first kappa shape index (κ1) is 22.3. The van der Waals surface area contributed by atoms with Gasteiger partial charge in [0.1, 0.15) is 18.1 Å². The lowest BCUT2D eigenvalue weighted by molar-refractivity contribution is 0.121. The Kier molecular flexibility index (Phi) is 7.43. The topological polar surface area (TPSA) is 27.7 Å². The molecule has 0 saturated heterocycles. The Labute approximate surface area is 160 Å². The second-order valence-corrected chi connectivity index (χ2v) is 14.3. The molecule has 0 heterocycles. The van der Waals surface area contributed by atoms with Crippen molar-refractivity contribution in [3.63, 3.8) is 0 Å². The Bertz CT molecular complexity index is 559. The van der Waals surface area contributed by atoms with Crippen LogP contribution < -0.4 is 9.47 Å². The Morgan fingerprint density at radius 1 is 1.04 bits per heavy atom. The predicted molar refractivity (Wildman–Crippen MR) is 109 cm³/mol. The van der Waals surface area contributed by atoms with Crippen LogP contribution in [0.3, 0.4) is 0 Å². The van der Waals surface area contributed by atoms with Crippen LogP contribution in [0.1, 0.15) is 41.5 Å². The summed E-state index contributed by atoms with van der Waals surface area (Å²) in [5, 5.41) is 0.743. The number of ether oxygens (including phenoxy) is 2. The molecule has 0 aliphatic carbocycles. The monoisotopic (exact) mass is 385 g/mol. The molecule has 143 valence electrons. The van der Waals surface area contributed by atoms with Crippen LogP contribution in [0.2, 0.25) is 23.2 Å². The van der Waals surface area contributed by atoms with E-state index in [0.717, 1.165) is 0 Å². The molecule has 1 atom stereocenters. The van der Waals surface area contributed by atoms with E-state index in [1.807, 2.05) is 6.07 Å². The van der Waals surface area contributed by atoms with E-state index in [0.29, 0.717) is 23.1 Å². The summed E-state index contributed by atoms with van der Waals surface area (Å²) in [6.45, 7) is 18.2. The molecule has 5 heteroatoms. The predicted octanol–water partition coefficient (Wildman–Crippen LogP) is 6.37. The van der Waals surface area contributed by atoms with E-state index < -0.39 is 8.32 Å². The van der Waals surface area contributed by atoms with Crippen molar-refractivity contribution in [1.29, 1.82) is 0 Å². The molecule has 0 fully saturated rings. The van der Waals surface area contributed by atoms with Gasteiger partial charge in [-0.3, -0.25) is 0 Å². The summed E-state index contributed by atoms with van der Waals surface area (Å²) < 4.78 is 17.8. The molecule has 1 aromatic carbocycles. The van der Waals surface area contributed by atoms with Crippen molar-refractivity contribution in [2.45, 2.75) is 65.8 Å². The summed E-state index contributed by atoms with van der Waals surface area (Å²) in [5.74, 6) is 1.37. The smallest absolute Gasteiger partial charge is 0.192 e. The first-order chi connectivity index (χ1) is 11.2. The van der Waals surface area contributed by atoms with Crippen LogP contribution in [0.5, 0.6) is 11.5 Å². The highest BCUT2D eigenvalue weighted by Gasteiger charge is 2.40. The van der Waals surface area contributed by atoms with Gasteiger partial charge in [0, 0.05) is 11.1 Å². The van der Waals surface area contributed by atoms with E-state index in [9.17, 15) is 0 Å². The maximum Gasteiger partial charge on any atom is 0.192 e. The van der Waals surface area contributed by atoms with Crippen molar-refractivity contribution >= 4 is 19.9 Å². The van der Waals surface area contributed by atoms with Crippen molar-refractivity contribution in [2.75, 3.05) is 13.7 Å². The zero-order chi connectivity index (χ0) is 19.5. The zero-order valence-electron chi connectivity index (χ0n) is 17.2. The lowest BCUT2D eigenvalue weighted by Crippen LogP contribution is -2.46. The van der Waals surface area contributed by atoms with Gasteiger partial charge in [0.2, 0.25) is 0 Å². The highest BCUT2D eigenvalue weighted by molar-refractivity contribution is 6.74. The van der Waals surface area contributed by atoms with E-state index in [4.69, 9.17) is 25.5 Å². The average molecular weight is 386 g/mol. The van der Waals surface area contributed by atoms with E-state index >= 15 is 0 Å². The molecule has 0 spiro atoms. The molecule has 1 radical (unpaired) electrons. The minimum atomic E-state index is -1.90. The first-order valence-corrected chi connectivity index (χ1v) is 12.0. The Balaban J connectivity index is 2.89. The van der Waals surface area contributed by atoms with Gasteiger partial charge in [0.25, 0.3) is 0 Å². The van der Waals surface area contributed by atoms with Crippen LogP contribution >= 0.6 is 11.6 Å². The summed E-state index contributed by atoms with van der Waals surface area (Å²) in [5.41, 5.74) is 0.0441. The van der Waals surface area contributed by atoms with E-state index in [2.05, 4.69) is 61.1 Å². The molecule has 1 aromatic rings. The second-order valence-electron chi connectivity index (χ2n) is 9.09. The standard InChI is InChI=1S/C20H34ClO3Si/c1-19(2,3)13-18(24-25(8,9)20(4,5)6)14-23-17-11-15(21)10-16(12-17)22-7/h10-13,18H,14H2,1-9H3. The van der Waals surface area contributed by atoms with Crippen molar-refractivity contribution in [3.8, 4) is 11.5 Å². The van der Waals surface area contributed by atoms with Gasteiger partial charge in [0.05, 0.1) is 13.2 Å². The SMILES string of the molecule is COc1cc(Cl)cc(OCC([CH]C(C)(C)C)O[Si](C)(C)C(C)(C)C)c1. The molecule has 25 heavy (non-hydrogen) atoms. The molecule has 0 N–H and O–H groups in total. The van der Waals surface area contributed by atoms with E-state index in [1.165, 1.54) is 0 Å². The minimum absolute atomic E-state index is 0.0441. The van der Waals surface area contributed by atoms with Crippen LogP contribution in [0, 0.1) is 11.8 Å². The van der Waals surface area contributed by atoms with Gasteiger partial charge < -0.3 is 13.9 Å². The maximum atomic E-state index is 6.58. The van der Waals surface area contributed by atoms with Crippen LogP contribution in [0.4, 0.5) is 0 Å². The molecule has 0 aliphatic heterocycles. The quantitative estimate of drug-likeness (QED) is 0.510. The van der Waals surface area contributed by atoms with Crippen molar-refractivity contribution < 1.29 is 13.9 Å². The third-order valence-corrected chi connectivity index (χ3v) is 9.16. The number of hydrogen-bond acceptors (Lipinski definition) is 3. The fourth-order valence-electron chi connectivity index (χ4n) is 2.15. The van der Waals surface area contributed by atoms with Gasteiger partial charge in [-0.25, -0.2) is 0 Å². The third-order valence-electron chi connectivity index (χ3n) is 4.43. The number of methoxy groups -OCH3 is 1. The Hall–Kier alpha value is -0.713. The molecular formula is C20H34ClO3Si. The molecule has 0 aliphatic rings. The number of benzene rings is 1. The number of rotatable bonds is 7. The lowest BCUT2D eigenvalue weighted by atomic mass is 9.89. The highest BCUT2D eigenvalue weighted by atomic mass is 35.5. The highest BCUT2D eigenvalue weighted by Crippen LogP contribution is 2.38. The molecule has 1 rings (SSSR count). The molecule has 3 nitrogen and oxygen atoms in total. The Morgan fingerprint density at radius 2 is 1.60 bits per heavy atom. The van der Waals surface area contributed by atoms with Crippen LogP contribution in [0.25, 0.3) is 0 Å². The summed E-state index contributed by atoms with van der Waals surface area (Å²) in [4.78, 5) is 0. The summed E-state index contributed by atoms with van der Waals surface area (Å²) >= 11 is 6.12.